The van der Waals surface area contributed by atoms with Crippen LogP contribution >= 0.6 is 0 Å². The van der Waals surface area contributed by atoms with Gasteiger partial charge in [0.2, 0.25) is 0 Å². The summed E-state index contributed by atoms with van der Waals surface area (Å²) in [6.07, 6.45) is 6.13. The molecule has 128 valence electrons. The lowest BCUT2D eigenvalue weighted by atomic mass is 10.1. The van der Waals surface area contributed by atoms with Crippen LogP contribution in [0.4, 0.5) is 5.69 Å². The van der Waals surface area contributed by atoms with Crippen molar-refractivity contribution in [3.05, 3.63) is 48.3 Å². The Morgan fingerprint density at radius 3 is 2.67 bits per heavy atom. The molecule has 1 aromatic carbocycles. The van der Waals surface area contributed by atoms with Crippen molar-refractivity contribution in [1.82, 2.24) is 14.7 Å². The number of nitrogens with zero attached hydrogens (tertiary/aromatic N) is 3. The Labute approximate surface area is 142 Å². The van der Waals surface area contributed by atoms with Crippen molar-refractivity contribution >= 4 is 11.6 Å². The van der Waals surface area contributed by atoms with Crippen LogP contribution in [0.3, 0.4) is 0 Å². The van der Waals surface area contributed by atoms with Crippen molar-refractivity contribution in [2.45, 2.75) is 31.9 Å². The summed E-state index contributed by atoms with van der Waals surface area (Å²) in [6, 6.07) is 8.90. The molecule has 3 rings (SSSR count). The van der Waals surface area contributed by atoms with E-state index in [2.05, 4.69) is 15.3 Å². The van der Waals surface area contributed by atoms with E-state index in [9.17, 15) is 9.90 Å². The average molecular weight is 328 g/mol. The molecule has 6 heteroatoms. The quantitative estimate of drug-likeness (QED) is 0.851. The number of amides is 1. The first-order chi connectivity index (χ1) is 11.7. The van der Waals surface area contributed by atoms with E-state index in [4.69, 9.17) is 0 Å². The second-order valence-corrected chi connectivity index (χ2v) is 6.20. The molecule has 1 aliphatic rings. The molecule has 2 N–H and O–H groups in total. The number of rotatable bonds is 6. The summed E-state index contributed by atoms with van der Waals surface area (Å²) >= 11 is 0. The number of carbonyl (C=O) groups is 1. The zero-order valence-electron chi connectivity index (χ0n) is 13.8. The third-order valence-corrected chi connectivity index (χ3v) is 4.36. The normalized spacial score (nSPS) is 16.7. The van der Waals surface area contributed by atoms with Crippen LogP contribution < -0.4 is 5.32 Å². The monoisotopic (exact) mass is 328 g/mol. The number of carbonyl (C=O) groups excluding carboxylic acids is 1. The minimum Gasteiger partial charge on any atom is -0.378 e. The van der Waals surface area contributed by atoms with Crippen LogP contribution in [-0.2, 0) is 11.3 Å². The van der Waals surface area contributed by atoms with E-state index in [-0.39, 0.29) is 0 Å². The van der Waals surface area contributed by atoms with Gasteiger partial charge in [-0.2, -0.15) is 5.10 Å². The summed E-state index contributed by atoms with van der Waals surface area (Å²) in [4.78, 5) is 14.6. The number of benzene rings is 1. The molecular formula is C18H24N4O2. The van der Waals surface area contributed by atoms with Crippen LogP contribution in [0.15, 0.2) is 42.7 Å². The summed E-state index contributed by atoms with van der Waals surface area (Å²) < 4.78 is 1.83. The molecule has 2 heterocycles. The zero-order valence-corrected chi connectivity index (χ0v) is 13.8. The van der Waals surface area contributed by atoms with Crippen LogP contribution in [0.1, 0.15) is 30.9 Å². The van der Waals surface area contributed by atoms with Crippen molar-refractivity contribution in [2.24, 2.45) is 0 Å². The maximum absolute atomic E-state index is 12.1. The molecule has 1 aromatic heterocycles. The lowest BCUT2D eigenvalue weighted by molar-refractivity contribution is -0.124. The predicted molar refractivity (Wildman–Crippen MR) is 92.5 cm³/mol. The first kappa shape index (κ1) is 16.7. The highest BCUT2D eigenvalue weighted by molar-refractivity contribution is 5.94. The highest BCUT2D eigenvalue weighted by Gasteiger charge is 2.17. The van der Waals surface area contributed by atoms with Crippen molar-refractivity contribution in [3.8, 4) is 0 Å². The molecule has 1 saturated heterocycles. The van der Waals surface area contributed by atoms with Gasteiger partial charge in [-0.15, -0.1) is 0 Å². The van der Waals surface area contributed by atoms with E-state index in [1.807, 2.05) is 10.7 Å². The molecule has 0 bridgehead atoms. The molecule has 0 radical (unpaired) electrons. The zero-order chi connectivity index (χ0) is 16.8. The Balaban J connectivity index is 1.50. The van der Waals surface area contributed by atoms with Gasteiger partial charge in [0.25, 0.3) is 5.91 Å². The van der Waals surface area contributed by atoms with Gasteiger partial charge in [0.1, 0.15) is 0 Å². The van der Waals surface area contributed by atoms with Gasteiger partial charge >= 0.3 is 0 Å². The first-order valence-corrected chi connectivity index (χ1v) is 8.51. The van der Waals surface area contributed by atoms with Crippen LogP contribution in [0.25, 0.3) is 0 Å². The molecule has 24 heavy (non-hydrogen) atoms. The Bertz CT molecular complexity index is 650. The van der Waals surface area contributed by atoms with E-state index >= 15 is 0 Å². The lowest BCUT2D eigenvalue weighted by Crippen LogP contribution is -2.32. The van der Waals surface area contributed by atoms with E-state index in [0.29, 0.717) is 11.3 Å². The van der Waals surface area contributed by atoms with Crippen LogP contribution in [0, 0.1) is 0 Å². The van der Waals surface area contributed by atoms with Crippen molar-refractivity contribution in [3.63, 3.8) is 0 Å². The Morgan fingerprint density at radius 1 is 1.17 bits per heavy atom. The summed E-state index contributed by atoms with van der Waals surface area (Å²) in [5.41, 5.74) is 1.18. The third-order valence-electron chi connectivity index (χ3n) is 4.36. The molecule has 1 aliphatic heterocycles. The van der Waals surface area contributed by atoms with Gasteiger partial charge in [-0.3, -0.25) is 9.48 Å². The number of hydrogen-bond acceptors (Lipinski definition) is 4. The average Bonchev–Trinajstić information content (AvgIpc) is 3.08. The summed E-state index contributed by atoms with van der Waals surface area (Å²) in [5.74, 6) is -0.447. The molecule has 2 aromatic rings. The van der Waals surface area contributed by atoms with E-state index in [1.165, 1.54) is 19.3 Å². The summed E-state index contributed by atoms with van der Waals surface area (Å²) in [7, 11) is 0. The number of aliphatic hydroxyl groups is 1. The number of likely N-dealkylation sites (tertiary alicyclic amines) is 1. The van der Waals surface area contributed by atoms with Gasteiger partial charge in [-0.05, 0) is 31.5 Å². The molecule has 1 fully saturated rings. The van der Waals surface area contributed by atoms with Gasteiger partial charge in [-0.1, -0.05) is 36.8 Å². The van der Waals surface area contributed by atoms with Gasteiger partial charge in [0, 0.05) is 12.7 Å². The molecule has 1 unspecified atom stereocenters. The molecule has 0 saturated carbocycles. The minimum absolute atomic E-state index is 0.447. The molecule has 0 aliphatic carbocycles. The minimum atomic E-state index is -1.18. The van der Waals surface area contributed by atoms with Crippen molar-refractivity contribution in [1.29, 1.82) is 0 Å². The van der Waals surface area contributed by atoms with E-state index < -0.39 is 12.0 Å². The second-order valence-electron chi connectivity index (χ2n) is 6.20. The van der Waals surface area contributed by atoms with Gasteiger partial charge in [-0.25, -0.2) is 0 Å². The first-order valence-electron chi connectivity index (χ1n) is 8.51. The number of nitrogens with one attached hydrogen (secondary N) is 1. The number of piperidine rings is 1. The largest absolute Gasteiger partial charge is 0.378 e. The van der Waals surface area contributed by atoms with Gasteiger partial charge in [0.05, 0.1) is 18.4 Å². The maximum Gasteiger partial charge on any atom is 0.257 e. The SMILES string of the molecule is O=C(Nc1cnn(CCN2CCCCC2)c1)C(O)c1ccccc1. The summed E-state index contributed by atoms with van der Waals surface area (Å²) in [6.45, 7) is 4.10. The predicted octanol–water partition coefficient (Wildman–Crippen LogP) is 2.04. The standard InChI is InChI=1S/C18H24N4O2/c23-17(15-7-3-1-4-8-15)18(24)20-16-13-19-22(14-16)12-11-21-9-5-2-6-10-21/h1,3-4,7-8,13-14,17,23H,2,5-6,9-12H2,(H,20,24). The number of hydrogen-bond donors (Lipinski definition) is 2. The lowest BCUT2D eigenvalue weighted by Gasteiger charge is -2.26. The molecule has 1 amide bonds. The third kappa shape index (κ3) is 4.43. The van der Waals surface area contributed by atoms with Crippen LogP contribution in [0.2, 0.25) is 0 Å². The van der Waals surface area contributed by atoms with E-state index in [1.54, 1.807) is 36.7 Å². The fraction of sp³-hybridized carbons (Fsp3) is 0.444. The molecule has 0 spiro atoms. The number of aliphatic hydroxyl groups excluding tert-OH is 1. The van der Waals surface area contributed by atoms with Crippen molar-refractivity contribution in [2.75, 3.05) is 25.0 Å². The smallest absolute Gasteiger partial charge is 0.257 e. The summed E-state index contributed by atoms with van der Waals surface area (Å²) in [5, 5.41) is 17.1. The molecule has 1 atom stereocenters. The van der Waals surface area contributed by atoms with Crippen LogP contribution in [0.5, 0.6) is 0 Å². The number of anilines is 1. The Morgan fingerprint density at radius 2 is 1.92 bits per heavy atom. The van der Waals surface area contributed by atoms with Crippen LogP contribution in [-0.4, -0.2) is 45.3 Å². The molecular weight excluding hydrogens is 304 g/mol. The Hall–Kier alpha value is -2.18. The maximum atomic E-state index is 12.1. The fourth-order valence-electron chi connectivity index (χ4n) is 2.97. The topological polar surface area (TPSA) is 70.4 Å². The highest BCUT2D eigenvalue weighted by atomic mass is 16.3. The van der Waals surface area contributed by atoms with Gasteiger partial charge in [0.15, 0.2) is 6.10 Å². The number of aromatic nitrogens is 2. The molecule has 6 nitrogen and oxygen atoms in total. The highest BCUT2D eigenvalue weighted by Crippen LogP contribution is 2.15. The van der Waals surface area contributed by atoms with E-state index in [0.717, 1.165) is 26.2 Å². The Kier molecular flexibility index (Phi) is 5.61. The fourth-order valence-corrected chi connectivity index (χ4v) is 2.97. The van der Waals surface area contributed by atoms with Gasteiger partial charge < -0.3 is 15.3 Å². The second kappa shape index (κ2) is 8.08. The van der Waals surface area contributed by atoms with Crippen molar-refractivity contribution < 1.29 is 9.90 Å².